The van der Waals surface area contributed by atoms with Gasteiger partial charge in [0, 0.05) is 10.5 Å². The summed E-state index contributed by atoms with van der Waals surface area (Å²) in [7, 11) is 0. The lowest BCUT2D eigenvalue weighted by atomic mass is 10.1. The molecule has 0 saturated carbocycles. The summed E-state index contributed by atoms with van der Waals surface area (Å²) in [6.45, 7) is 0.881. The van der Waals surface area contributed by atoms with Gasteiger partial charge in [-0.25, -0.2) is 17.9 Å². The van der Waals surface area contributed by atoms with Gasteiger partial charge in [0.05, 0.1) is 25.5 Å². The Balaban J connectivity index is 1.55. The molecule has 0 aliphatic rings. The molecule has 3 aromatic carbocycles. The molecule has 0 fully saturated rings. The minimum atomic E-state index is -1.58. The third kappa shape index (κ3) is 6.05. The number of hydrogen-bond donors (Lipinski definition) is 3. The summed E-state index contributed by atoms with van der Waals surface area (Å²) in [5.41, 5.74) is -0.858. The summed E-state index contributed by atoms with van der Waals surface area (Å²) in [5.74, 6) is -4.29. The Kier molecular flexibility index (Phi) is 8.27. The second-order valence-corrected chi connectivity index (χ2v) is 9.41. The highest BCUT2D eigenvalue weighted by molar-refractivity contribution is 7.99. The molecule has 0 aliphatic carbocycles. The van der Waals surface area contributed by atoms with Crippen LogP contribution < -0.4 is 0 Å². The molecule has 4 rings (SSSR count). The summed E-state index contributed by atoms with van der Waals surface area (Å²) in [6, 6.07) is 15.1. The van der Waals surface area contributed by atoms with E-state index < -0.39 is 47.8 Å². The molecule has 7 nitrogen and oxygen atoms in total. The molecule has 0 aliphatic heterocycles. The van der Waals surface area contributed by atoms with E-state index in [9.17, 15) is 28.5 Å². The summed E-state index contributed by atoms with van der Waals surface area (Å²) in [5, 5.41) is 40.3. The van der Waals surface area contributed by atoms with Crippen LogP contribution in [0.25, 0.3) is 22.0 Å². The molecule has 0 radical (unpaired) electrons. The number of nitrogens with zero attached hydrogens (tertiary/aromatic N) is 3. The Morgan fingerprint density at radius 1 is 1.00 bits per heavy atom. The second-order valence-electron chi connectivity index (χ2n) is 8.24. The fourth-order valence-corrected chi connectivity index (χ4v) is 4.61. The summed E-state index contributed by atoms with van der Waals surface area (Å²) in [6.07, 6.45) is -1.78. The van der Waals surface area contributed by atoms with E-state index in [-0.39, 0.29) is 17.8 Å². The highest BCUT2D eigenvalue weighted by Crippen LogP contribution is 2.31. The first kappa shape index (κ1) is 26.1. The first-order valence-electron chi connectivity index (χ1n) is 11.1. The van der Waals surface area contributed by atoms with Gasteiger partial charge in [0.1, 0.15) is 23.3 Å². The van der Waals surface area contributed by atoms with E-state index >= 15 is 0 Å². The van der Waals surface area contributed by atoms with Crippen molar-refractivity contribution in [1.29, 1.82) is 0 Å². The number of benzene rings is 3. The van der Waals surface area contributed by atoms with Gasteiger partial charge in [0.2, 0.25) is 0 Å². The second kappa shape index (κ2) is 11.4. The number of thioether (sulfide) groups is 1. The predicted molar refractivity (Wildman–Crippen MR) is 129 cm³/mol. The van der Waals surface area contributed by atoms with Crippen LogP contribution >= 0.6 is 11.8 Å². The van der Waals surface area contributed by atoms with E-state index in [1.54, 1.807) is 0 Å². The molecule has 0 spiro atoms. The Morgan fingerprint density at radius 2 is 1.69 bits per heavy atom. The van der Waals surface area contributed by atoms with Gasteiger partial charge in [-0.3, -0.25) is 0 Å². The Hall–Kier alpha value is -2.96. The van der Waals surface area contributed by atoms with Crippen LogP contribution in [0.2, 0.25) is 0 Å². The predicted octanol–water partition coefficient (Wildman–Crippen LogP) is 3.75. The van der Waals surface area contributed by atoms with Crippen LogP contribution in [0.3, 0.4) is 0 Å². The minimum absolute atomic E-state index is 0.0140. The summed E-state index contributed by atoms with van der Waals surface area (Å²) >= 11 is 1.20. The van der Waals surface area contributed by atoms with Crippen molar-refractivity contribution in [2.75, 3.05) is 6.61 Å². The first-order valence-corrected chi connectivity index (χ1v) is 12.0. The zero-order valence-electron chi connectivity index (χ0n) is 19.1. The molecule has 1 heterocycles. The number of aromatic nitrogens is 3. The molecule has 4 atom stereocenters. The molecule has 3 N–H and O–H groups in total. The average Bonchev–Trinajstić information content (AvgIpc) is 3.32. The largest absolute Gasteiger partial charge is 0.394 e. The zero-order valence-corrected chi connectivity index (χ0v) is 19.9. The highest BCUT2D eigenvalue weighted by atomic mass is 32.2. The number of aliphatic hydroxyl groups excluding tert-OH is 3. The molecule has 0 saturated heterocycles. The molecule has 190 valence electrons. The smallest absolute Gasteiger partial charge is 0.194 e. The van der Waals surface area contributed by atoms with Gasteiger partial charge >= 0.3 is 0 Å². The molecule has 4 aromatic rings. The number of hydrogen-bond acceptors (Lipinski definition) is 7. The fraction of sp³-hybridized carbons (Fsp3) is 0.280. The highest BCUT2D eigenvalue weighted by Gasteiger charge is 2.28. The molecule has 0 bridgehead atoms. The SMILES string of the molecule is C[C@@H](O)C(CO)OC(Sc1ccc2ccccc2c1)[C@@H](O)Cn1cc(-c2cc(F)c(F)c(F)c2)nn1. The van der Waals surface area contributed by atoms with Crippen molar-refractivity contribution < 1.29 is 33.2 Å². The normalized spacial score (nSPS) is 15.1. The van der Waals surface area contributed by atoms with Crippen molar-refractivity contribution >= 4 is 22.5 Å². The minimum Gasteiger partial charge on any atom is -0.394 e. The van der Waals surface area contributed by atoms with E-state index in [0.717, 1.165) is 27.8 Å². The van der Waals surface area contributed by atoms with Gasteiger partial charge < -0.3 is 20.1 Å². The maximum Gasteiger partial charge on any atom is 0.194 e. The first-order chi connectivity index (χ1) is 17.2. The van der Waals surface area contributed by atoms with E-state index in [1.165, 1.54) is 29.6 Å². The van der Waals surface area contributed by atoms with E-state index in [0.29, 0.717) is 0 Å². The van der Waals surface area contributed by atoms with Crippen LogP contribution in [0.5, 0.6) is 0 Å². The molecule has 11 heteroatoms. The van der Waals surface area contributed by atoms with Crippen molar-refractivity contribution in [3.63, 3.8) is 0 Å². The van der Waals surface area contributed by atoms with Gasteiger partial charge in [0.15, 0.2) is 17.5 Å². The third-order valence-electron chi connectivity index (χ3n) is 5.51. The van der Waals surface area contributed by atoms with Crippen molar-refractivity contribution in [2.45, 2.75) is 42.1 Å². The fourth-order valence-electron chi connectivity index (χ4n) is 3.55. The third-order valence-corrected chi connectivity index (χ3v) is 6.69. The number of fused-ring (bicyclic) bond motifs is 1. The molecule has 2 unspecified atom stereocenters. The molecular formula is C25H24F3N3O4S. The quantitative estimate of drug-likeness (QED) is 0.167. The van der Waals surface area contributed by atoms with Crippen LogP contribution in [0.4, 0.5) is 13.2 Å². The molecule has 1 aromatic heterocycles. The number of ether oxygens (including phenoxy) is 1. The summed E-state index contributed by atoms with van der Waals surface area (Å²) in [4.78, 5) is 0.788. The lowest BCUT2D eigenvalue weighted by molar-refractivity contribution is -0.0972. The van der Waals surface area contributed by atoms with Crippen LogP contribution in [-0.2, 0) is 11.3 Å². The number of aliphatic hydroxyl groups is 3. The van der Waals surface area contributed by atoms with Gasteiger partial charge in [-0.2, -0.15) is 0 Å². The number of halogens is 3. The van der Waals surface area contributed by atoms with Gasteiger partial charge in [-0.1, -0.05) is 47.3 Å². The maximum absolute atomic E-state index is 13.6. The Bertz CT molecular complexity index is 1310. The zero-order chi connectivity index (χ0) is 25.8. The number of rotatable bonds is 10. The maximum atomic E-state index is 13.6. The molecule has 36 heavy (non-hydrogen) atoms. The van der Waals surface area contributed by atoms with Crippen LogP contribution in [0.1, 0.15) is 6.92 Å². The lowest BCUT2D eigenvalue weighted by Gasteiger charge is -2.28. The van der Waals surface area contributed by atoms with Crippen LogP contribution in [0.15, 0.2) is 65.7 Å². The Morgan fingerprint density at radius 3 is 2.36 bits per heavy atom. The topological polar surface area (TPSA) is 101 Å². The van der Waals surface area contributed by atoms with Crippen molar-refractivity contribution in [2.24, 2.45) is 0 Å². The van der Waals surface area contributed by atoms with E-state index in [1.807, 2.05) is 42.5 Å². The molecular weight excluding hydrogens is 495 g/mol. The van der Waals surface area contributed by atoms with Crippen molar-refractivity contribution in [1.82, 2.24) is 15.0 Å². The van der Waals surface area contributed by atoms with Gasteiger partial charge in [-0.15, -0.1) is 5.10 Å². The monoisotopic (exact) mass is 519 g/mol. The van der Waals surface area contributed by atoms with E-state index in [4.69, 9.17) is 4.74 Å². The van der Waals surface area contributed by atoms with Crippen molar-refractivity contribution in [3.8, 4) is 11.3 Å². The van der Waals surface area contributed by atoms with Crippen LogP contribution in [-0.4, -0.2) is 60.7 Å². The Labute approximate surface area is 209 Å². The van der Waals surface area contributed by atoms with Gasteiger partial charge in [0.25, 0.3) is 0 Å². The standard InChI is InChI=1S/C25H24F3N3O4S/c1-14(33)23(13-32)35-25(36-18-7-6-15-4-2-3-5-16(15)8-18)22(34)12-31-11-21(29-30-31)17-9-19(26)24(28)20(27)10-17/h2-11,14,22-23,25,32-34H,12-13H2,1H3/t14-,22+,23?,25?/m1/s1. The van der Waals surface area contributed by atoms with Crippen LogP contribution in [0, 0.1) is 17.5 Å². The van der Waals surface area contributed by atoms with Crippen molar-refractivity contribution in [3.05, 3.63) is 78.2 Å². The molecule has 0 amide bonds. The average molecular weight is 520 g/mol. The summed E-state index contributed by atoms with van der Waals surface area (Å²) < 4.78 is 47.6. The van der Waals surface area contributed by atoms with Gasteiger partial charge in [-0.05, 0) is 42.0 Å². The lowest BCUT2D eigenvalue weighted by Crippen LogP contribution is -2.39. The van der Waals surface area contributed by atoms with E-state index in [2.05, 4.69) is 10.3 Å².